The smallest absolute Gasteiger partial charge is 0.293 e. The van der Waals surface area contributed by atoms with Gasteiger partial charge in [0, 0.05) is 24.7 Å². The molecule has 28 heavy (non-hydrogen) atoms. The van der Waals surface area contributed by atoms with Gasteiger partial charge in [-0.3, -0.25) is 20.2 Å². The Labute approximate surface area is 162 Å². The maximum Gasteiger partial charge on any atom is 0.293 e. The average molecular weight is 402 g/mol. The van der Waals surface area contributed by atoms with Crippen LogP contribution in [-0.2, 0) is 4.74 Å². The van der Waals surface area contributed by atoms with Crippen LogP contribution in [0.5, 0.6) is 0 Å². The zero-order valence-corrected chi connectivity index (χ0v) is 15.4. The van der Waals surface area contributed by atoms with E-state index < -0.39 is 10.8 Å². The Kier molecular flexibility index (Phi) is 4.88. The molecule has 1 amide bonds. The average Bonchev–Trinajstić information content (AvgIpc) is 3.09. The second kappa shape index (κ2) is 7.49. The second-order valence-corrected chi connectivity index (χ2v) is 7.18. The number of nitrogens with one attached hydrogen (secondary N) is 1. The molecule has 1 aliphatic rings. The number of anilines is 2. The van der Waals surface area contributed by atoms with Crippen molar-refractivity contribution in [2.24, 2.45) is 0 Å². The van der Waals surface area contributed by atoms with Gasteiger partial charge in [-0.25, -0.2) is 9.37 Å². The maximum absolute atomic E-state index is 13.3. The first-order valence-corrected chi connectivity index (χ1v) is 9.31. The van der Waals surface area contributed by atoms with Crippen molar-refractivity contribution in [1.82, 2.24) is 4.98 Å². The molecular formula is C18H15FN4O4S. The molecule has 0 atom stereocenters. The molecule has 0 radical (unpaired) electrons. The van der Waals surface area contributed by atoms with E-state index in [1.54, 1.807) is 12.1 Å². The van der Waals surface area contributed by atoms with Crippen LogP contribution < -0.4 is 10.2 Å². The second-order valence-electron chi connectivity index (χ2n) is 6.15. The number of nitrogens with zero attached hydrogens (tertiary/aromatic N) is 3. The number of nitro benzene ring substituents is 1. The van der Waals surface area contributed by atoms with Gasteiger partial charge < -0.3 is 9.64 Å². The van der Waals surface area contributed by atoms with Gasteiger partial charge in [0.15, 0.2) is 5.13 Å². The summed E-state index contributed by atoms with van der Waals surface area (Å²) in [5.74, 6) is -0.903. The van der Waals surface area contributed by atoms with Gasteiger partial charge in [-0.05, 0) is 30.3 Å². The fraction of sp³-hybridized carbons (Fsp3) is 0.222. The molecule has 1 N–H and O–H groups in total. The van der Waals surface area contributed by atoms with Crippen molar-refractivity contribution in [3.05, 3.63) is 57.9 Å². The number of hydrogen-bond donors (Lipinski definition) is 1. The molecule has 1 aliphatic heterocycles. The Morgan fingerprint density at radius 2 is 2.04 bits per heavy atom. The molecule has 0 unspecified atom stereocenters. The van der Waals surface area contributed by atoms with Crippen LogP contribution in [0.4, 0.5) is 20.9 Å². The highest BCUT2D eigenvalue weighted by Crippen LogP contribution is 2.31. The summed E-state index contributed by atoms with van der Waals surface area (Å²) in [6, 6.07) is 8.53. The molecule has 10 heteroatoms. The van der Waals surface area contributed by atoms with Crippen LogP contribution in [0.15, 0.2) is 36.4 Å². The Balaban J connectivity index is 1.59. The van der Waals surface area contributed by atoms with Gasteiger partial charge in [-0.15, -0.1) is 0 Å². The quantitative estimate of drug-likeness (QED) is 0.530. The van der Waals surface area contributed by atoms with E-state index in [1.165, 1.54) is 24.3 Å². The van der Waals surface area contributed by atoms with E-state index in [-0.39, 0.29) is 17.1 Å². The number of hydrogen-bond acceptors (Lipinski definition) is 7. The Morgan fingerprint density at radius 1 is 1.25 bits per heavy atom. The maximum atomic E-state index is 13.3. The van der Waals surface area contributed by atoms with Gasteiger partial charge in [0.1, 0.15) is 11.5 Å². The first-order valence-electron chi connectivity index (χ1n) is 8.50. The SMILES string of the molecule is O=C(Nc1nc2ccc(F)cc2s1)c1ccc(N2CCOCC2)c([N+](=O)[O-])c1. The van der Waals surface area contributed by atoms with Crippen LogP contribution in [0.2, 0.25) is 0 Å². The summed E-state index contributed by atoms with van der Waals surface area (Å²) in [5, 5.41) is 14.4. The zero-order valence-electron chi connectivity index (χ0n) is 14.6. The molecule has 0 spiro atoms. The number of rotatable bonds is 4. The largest absolute Gasteiger partial charge is 0.378 e. The van der Waals surface area contributed by atoms with E-state index in [2.05, 4.69) is 10.3 Å². The lowest BCUT2D eigenvalue weighted by molar-refractivity contribution is -0.384. The van der Waals surface area contributed by atoms with Crippen LogP contribution in [0.25, 0.3) is 10.2 Å². The van der Waals surface area contributed by atoms with E-state index >= 15 is 0 Å². The van der Waals surface area contributed by atoms with Gasteiger partial charge in [0.05, 0.1) is 28.4 Å². The zero-order chi connectivity index (χ0) is 19.7. The number of thiazole rings is 1. The molecule has 4 rings (SSSR count). The fourth-order valence-corrected chi connectivity index (χ4v) is 3.89. The standard InChI is InChI=1S/C18H15FN4O4S/c19-12-2-3-13-16(10-12)28-18(20-13)21-17(24)11-1-4-14(15(9-11)23(25)26)22-5-7-27-8-6-22/h1-4,9-10H,5-8H2,(H,20,21,24). The number of amides is 1. The van der Waals surface area contributed by atoms with Crippen molar-refractivity contribution in [2.45, 2.75) is 0 Å². The van der Waals surface area contributed by atoms with E-state index in [4.69, 9.17) is 4.74 Å². The number of carbonyl (C=O) groups is 1. The molecule has 0 saturated carbocycles. The summed E-state index contributed by atoms with van der Waals surface area (Å²) in [6.45, 7) is 2.10. The normalized spacial score (nSPS) is 14.2. The number of morpholine rings is 1. The van der Waals surface area contributed by atoms with Crippen LogP contribution in [-0.4, -0.2) is 42.1 Å². The third-order valence-corrected chi connectivity index (χ3v) is 5.29. The Morgan fingerprint density at radius 3 is 2.79 bits per heavy atom. The predicted octanol–water partition coefficient (Wildman–Crippen LogP) is 3.43. The molecule has 1 saturated heterocycles. The Hall–Kier alpha value is -3.11. The number of benzene rings is 2. The number of aromatic nitrogens is 1. The monoisotopic (exact) mass is 402 g/mol. The van der Waals surface area contributed by atoms with Crippen molar-refractivity contribution in [1.29, 1.82) is 0 Å². The lowest BCUT2D eigenvalue weighted by Gasteiger charge is -2.28. The summed E-state index contributed by atoms with van der Waals surface area (Å²) in [7, 11) is 0. The molecule has 0 bridgehead atoms. The van der Waals surface area contributed by atoms with Crippen molar-refractivity contribution in [2.75, 3.05) is 36.5 Å². The van der Waals surface area contributed by atoms with Crippen molar-refractivity contribution < 1.29 is 18.8 Å². The van der Waals surface area contributed by atoms with Gasteiger partial charge in [-0.2, -0.15) is 0 Å². The molecule has 144 valence electrons. The van der Waals surface area contributed by atoms with Gasteiger partial charge in [0.25, 0.3) is 11.6 Å². The molecule has 2 heterocycles. The summed E-state index contributed by atoms with van der Waals surface area (Å²) in [6.07, 6.45) is 0. The third kappa shape index (κ3) is 3.64. The highest BCUT2D eigenvalue weighted by molar-refractivity contribution is 7.22. The summed E-state index contributed by atoms with van der Waals surface area (Å²) >= 11 is 1.13. The van der Waals surface area contributed by atoms with Crippen LogP contribution in [0.1, 0.15) is 10.4 Å². The van der Waals surface area contributed by atoms with E-state index in [0.29, 0.717) is 47.3 Å². The minimum Gasteiger partial charge on any atom is -0.378 e. The van der Waals surface area contributed by atoms with Crippen molar-refractivity contribution >= 4 is 44.0 Å². The molecule has 3 aromatic rings. The lowest BCUT2D eigenvalue weighted by atomic mass is 10.1. The van der Waals surface area contributed by atoms with Crippen LogP contribution in [0, 0.1) is 15.9 Å². The summed E-state index contributed by atoms with van der Waals surface area (Å²) in [4.78, 5) is 29.7. The summed E-state index contributed by atoms with van der Waals surface area (Å²) in [5.41, 5.74) is 1.03. The highest BCUT2D eigenvalue weighted by atomic mass is 32.1. The Bertz CT molecular complexity index is 1060. The first kappa shape index (κ1) is 18.3. The number of nitro groups is 1. The molecule has 1 aromatic heterocycles. The molecule has 2 aromatic carbocycles. The van der Waals surface area contributed by atoms with Crippen molar-refractivity contribution in [3.63, 3.8) is 0 Å². The van der Waals surface area contributed by atoms with Gasteiger partial charge in [-0.1, -0.05) is 11.3 Å². The van der Waals surface area contributed by atoms with Gasteiger partial charge >= 0.3 is 0 Å². The first-order chi connectivity index (χ1) is 13.5. The fourth-order valence-electron chi connectivity index (χ4n) is 3.00. The third-order valence-electron chi connectivity index (χ3n) is 4.36. The number of ether oxygens (including phenoxy) is 1. The number of carbonyl (C=O) groups excluding carboxylic acids is 1. The van der Waals surface area contributed by atoms with Crippen LogP contribution >= 0.6 is 11.3 Å². The van der Waals surface area contributed by atoms with E-state index in [1.807, 2.05) is 4.90 Å². The highest BCUT2D eigenvalue weighted by Gasteiger charge is 2.23. The van der Waals surface area contributed by atoms with E-state index in [0.717, 1.165) is 11.3 Å². The topological polar surface area (TPSA) is 97.6 Å². The molecule has 0 aliphatic carbocycles. The van der Waals surface area contributed by atoms with E-state index in [9.17, 15) is 19.3 Å². The van der Waals surface area contributed by atoms with Gasteiger partial charge in [0.2, 0.25) is 0 Å². The molecule has 8 nitrogen and oxygen atoms in total. The number of halogens is 1. The minimum atomic E-state index is -0.517. The van der Waals surface area contributed by atoms with Crippen LogP contribution in [0.3, 0.4) is 0 Å². The van der Waals surface area contributed by atoms with Crippen molar-refractivity contribution in [3.8, 4) is 0 Å². The molecule has 1 fully saturated rings. The molecular weight excluding hydrogens is 387 g/mol. The summed E-state index contributed by atoms with van der Waals surface area (Å²) < 4.78 is 19.2. The predicted molar refractivity (Wildman–Crippen MR) is 104 cm³/mol. The lowest BCUT2D eigenvalue weighted by Crippen LogP contribution is -2.36. The minimum absolute atomic E-state index is 0.138. The number of fused-ring (bicyclic) bond motifs is 1.